The van der Waals surface area contributed by atoms with E-state index in [0.29, 0.717) is 11.1 Å². The lowest BCUT2D eigenvalue weighted by atomic mass is 9.63. The molecule has 0 heterocycles. The van der Waals surface area contributed by atoms with Crippen molar-refractivity contribution in [2.75, 3.05) is 19.8 Å². The summed E-state index contributed by atoms with van der Waals surface area (Å²) in [6.07, 6.45) is 18.5. The predicted octanol–water partition coefficient (Wildman–Crippen LogP) is 6.66. The first-order chi connectivity index (χ1) is 20.8. The summed E-state index contributed by atoms with van der Waals surface area (Å²) in [6, 6.07) is 15.7. The maximum absolute atomic E-state index is 12.7. The number of rotatable bonds is 22. The molecule has 0 spiro atoms. The Balaban J connectivity index is 0.00000217. The van der Waals surface area contributed by atoms with Crippen molar-refractivity contribution < 1.29 is 35.1 Å². The highest BCUT2D eigenvalue weighted by Gasteiger charge is 2.53. The van der Waals surface area contributed by atoms with Crippen molar-refractivity contribution in [2.24, 2.45) is 5.41 Å². The average molecular weight is 623 g/mol. The van der Waals surface area contributed by atoms with Crippen LogP contribution in [0.3, 0.4) is 0 Å². The predicted molar refractivity (Wildman–Crippen MR) is 177 cm³/mol. The van der Waals surface area contributed by atoms with Gasteiger partial charge in [0.2, 0.25) is 0 Å². The van der Waals surface area contributed by atoms with Gasteiger partial charge in [0, 0.05) is 0 Å². The molecule has 0 aliphatic carbocycles. The van der Waals surface area contributed by atoms with Crippen LogP contribution in [-0.2, 0) is 18.4 Å². The third-order valence-corrected chi connectivity index (χ3v) is 8.59. The fourth-order valence-corrected chi connectivity index (χ4v) is 5.94. The van der Waals surface area contributed by atoms with E-state index in [-0.39, 0.29) is 0 Å². The first-order valence-corrected chi connectivity index (χ1v) is 17.6. The van der Waals surface area contributed by atoms with E-state index in [1.807, 2.05) is 48.5 Å². The molecule has 2 aromatic carbocycles. The molecule has 0 atom stereocenters. The van der Waals surface area contributed by atoms with Crippen LogP contribution in [0, 0.1) is 5.41 Å². The van der Waals surface area contributed by atoms with Crippen LogP contribution in [-0.4, -0.2) is 54.9 Å². The van der Waals surface area contributed by atoms with Crippen LogP contribution >= 0.6 is 8.60 Å². The minimum Gasteiger partial charge on any atom is -0.395 e. The molecule has 0 bridgehead atoms. The number of aliphatic hydroxyl groups is 4. The second kappa shape index (κ2) is 23.0. The highest BCUT2D eigenvalue weighted by atomic mass is 31.2. The van der Waals surface area contributed by atoms with Crippen molar-refractivity contribution in [1.29, 1.82) is 0 Å². The molecule has 0 saturated carbocycles. The van der Waals surface area contributed by atoms with Gasteiger partial charge in [-0.15, -0.1) is 0 Å². The summed E-state index contributed by atoms with van der Waals surface area (Å²) >= 11 is 0. The number of hydrogen-bond donors (Lipinski definition) is 7. The Hall–Kier alpha value is -1.41. The Morgan fingerprint density at radius 2 is 0.814 bits per heavy atom. The van der Waals surface area contributed by atoms with E-state index >= 15 is 0 Å². The molecule has 2 aromatic rings. The van der Waals surface area contributed by atoms with E-state index in [9.17, 15) is 20.4 Å². The SMILES string of the molecule is CCCCCCCCCc1ccccc1C(O)(c1ccccc1CCCCCCCCC)C(CO)(CO)CO.OP(O)O. The van der Waals surface area contributed by atoms with Gasteiger partial charge < -0.3 is 35.1 Å². The summed E-state index contributed by atoms with van der Waals surface area (Å²) in [5.74, 6) is 0. The van der Waals surface area contributed by atoms with Crippen molar-refractivity contribution in [3.63, 3.8) is 0 Å². The lowest BCUT2D eigenvalue weighted by molar-refractivity contribution is -0.136. The van der Waals surface area contributed by atoms with Gasteiger partial charge in [-0.25, -0.2) is 0 Å². The van der Waals surface area contributed by atoms with E-state index in [1.54, 1.807) is 0 Å². The number of hydrogen-bond acceptors (Lipinski definition) is 7. The molecule has 7 N–H and O–H groups in total. The largest absolute Gasteiger partial charge is 0.395 e. The smallest absolute Gasteiger partial charge is 0.324 e. The average Bonchev–Trinajstić information content (AvgIpc) is 3.01. The molecule has 8 heteroatoms. The quantitative estimate of drug-likeness (QED) is 0.0575. The van der Waals surface area contributed by atoms with E-state index < -0.39 is 39.4 Å². The van der Waals surface area contributed by atoms with Gasteiger partial charge in [-0.3, -0.25) is 0 Å². The molecular weight excluding hydrogens is 563 g/mol. The van der Waals surface area contributed by atoms with Crippen molar-refractivity contribution >= 4 is 8.60 Å². The number of aliphatic hydroxyl groups excluding tert-OH is 3. The summed E-state index contributed by atoms with van der Waals surface area (Å²) in [6.45, 7) is 2.86. The van der Waals surface area contributed by atoms with E-state index in [0.717, 1.165) is 49.7 Å². The second-order valence-electron chi connectivity index (χ2n) is 11.8. The molecule has 0 fully saturated rings. The monoisotopic (exact) mass is 622 g/mol. The normalized spacial score (nSPS) is 12.0. The van der Waals surface area contributed by atoms with E-state index in [2.05, 4.69) is 13.8 Å². The van der Waals surface area contributed by atoms with Crippen LogP contribution in [0.25, 0.3) is 0 Å². The van der Waals surface area contributed by atoms with Gasteiger partial charge in [0.15, 0.2) is 0 Å². The van der Waals surface area contributed by atoms with Gasteiger partial charge in [-0.05, 0) is 47.9 Å². The zero-order valence-electron chi connectivity index (χ0n) is 26.6. The van der Waals surface area contributed by atoms with E-state index in [4.69, 9.17) is 14.7 Å². The van der Waals surface area contributed by atoms with E-state index in [1.165, 1.54) is 64.2 Å². The highest BCUT2D eigenvalue weighted by Crippen LogP contribution is 2.47. The number of benzene rings is 2. The maximum Gasteiger partial charge on any atom is 0.324 e. The highest BCUT2D eigenvalue weighted by molar-refractivity contribution is 7.38. The molecular formula is C35H59O7P. The Kier molecular flexibility index (Phi) is 21.2. The summed E-state index contributed by atoms with van der Waals surface area (Å²) in [5.41, 5.74) is 0.124. The molecule has 0 aromatic heterocycles. The zero-order chi connectivity index (χ0) is 32.0. The van der Waals surface area contributed by atoms with Crippen molar-refractivity contribution in [3.05, 3.63) is 70.8 Å². The van der Waals surface area contributed by atoms with Gasteiger partial charge in [-0.2, -0.15) is 0 Å². The topological polar surface area (TPSA) is 142 Å². The Morgan fingerprint density at radius 3 is 1.14 bits per heavy atom. The van der Waals surface area contributed by atoms with Gasteiger partial charge in [0.05, 0.1) is 25.2 Å². The minimum absolute atomic E-state index is 0.534. The molecule has 0 aliphatic heterocycles. The maximum atomic E-state index is 12.7. The Labute approximate surface area is 261 Å². The van der Waals surface area contributed by atoms with Gasteiger partial charge in [-0.1, -0.05) is 139 Å². The molecule has 246 valence electrons. The third kappa shape index (κ3) is 12.8. The summed E-state index contributed by atoms with van der Waals surface area (Å²) in [5, 5.41) is 44.5. The molecule has 43 heavy (non-hydrogen) atoms. The van der Waals surface area contributed by atoms with Crippen LogP contribution in [0.5, 0.6) is 0 Å². The first kappa shape index (κ1) is 39.6. The second-order valence-corrected chi connectivity index (χ2v) is 12.3. The third-order valence-electron chi connectivity index (χ3n) is 8.59. The van der Waals surface area contributed by atoms with Crippen LogP contribution < -0.4 is 0 Å². The molecule has 2 rings (SSSR count). The summed E-state index contributed by atoms with van der Waals surface area (Å²) in [4.78, 5) is 21.7. The van der Waals surface area contributed by atoms with Crippen LogP contribution in [0.1, 0.15) is 126 Å². The fourth-order valence-electron chi connectivity index (χ4n) is 5.94. The van der Waals surface area contributed by atoms with Crippen LogP contribution in [0.4, 0.5) is 0 Å². The molecule has 0 radical (unpaired) electrons. The number of unbranched alkanes of at least 4 members (excludes halogenated alkanes) is 12. The van der Waals surface area contributed by atoms with Gasteiger partial charge in [0.1, 0.15) is 5.60 Å². The molecule has 7 nitrogen and oxygen atoms in total. The summed E-state index contributed by atoms with van der Waals surface area (Å²) < 4.78 is 0. The molecule has 0 unspecified atom stereocenters. The van der Waals surface area contributed by atoms with Crippen LogP contribution in [0.2, 0.25) is 0 Å². The lowest BCUT2D eigenvalue weighted by Crippen LogP contribution is -2.55. The van der Waals surface area contributed by atoms with Crippen LogP contribution in [0.15, 0.2) is 48.5 Å². The molecule has 0 aliphatic rings. The Bertz CT molecular complexity index is 892. The minimum atomic E-state index is -2.62. The Morgan fingerprint density at radius 1 is 0.512 bits per heavy atom. The van der Waals surface area contributed by atoms with Gasteiger partial charge in [0.25, 0.3) is 0 Å². The zero-order valence-corrected chi connectivity index (χ0v) is 27.5. The number of aryl methyl sites for hydroxylation is 2. The van der Waals surface area contributed by atoms with Gasteiger partial charge >= 0.3 is 8.60 Å². The fraction of sp³-hybridized carbons (Fsp3) is 0.657. The molecule has 0 amide bonds. The summed E-state index contributed by atoms with van der Waals surface area (Å²) in [7, 11) is -2.62. The lowest BCUT2D eigenvalue weighted by Gasteiger charge is -2.46. The first-order valence-electron chi connectivity index (χ1n) is 16.4. The molecule has 0 saturated heterocycles. The van der Waals surface area contributed by atoms with Crippen molar-refractivity contribution in [3.8, 4) is 0 Å². The van der Waals surface area contributed by atoms with Crippen molar-refractivity contribution in [1.82, 2.24) is 0 Å². The standard InChI is InChI=1S/C35H56O4.H3O3P/c1-3-5-7-9-11-13-15-21-30-23-17-19-25-32(30)35(39,34(27-36,28-37)29-38)33-26-20-18-24-31(33)22-16-14-12-10-8-6-4-2;1-4(2)3/h17-20,23-26,36-39H,3-16,21-22,27-29H2,1-2H3;1-3H. The van der Waals surface area contributed by atoms with Crippen molar-refractivity contribution in [2.45, 2.75) is 122 Å².